The van der Waals surface area contributed by atoms with Crippen molar-refractivity contribution in [1.29, 1.82) is 0 Å². The predicted octanol–water partition coefficient (Wildman–Crippen LogP) is 5.55. The Morgan fingerprint density at radius 1 is 1.00 bits per heavy atom. The Kier molecular flexibility index (Phi) is 4.52. The molecular weight excluding hydrogens is 373 g/mol. The SMILES string of the molecule is Cc1cc(C)c2nc(N3CCN(c4cccc(Cl)c4Cl)CC3)sc2c1. The maximum atomic E-state index is 6.37. The molecule has 1 aliphatic rings. The van der Waals surface area contributed by atoms with Crippen LogP contribution in [-0.4, -0.2) is 31.2 Å². The molecule has 1 saturated heterocycles. The third-order valence-electron chi connectivity index (χ3n) is 4.64. The molecule has 0 aliphatic carbocycles. The highest BCUT2D eigenvalue weighted by Gasteiger charge is 2.22. The zero-order valence-electron chi connectivity index (χ0n) is 14.2. The van der Waals surface area contributed by atoms with E-state index < -0.39 is 0 Å². The fourth-order valence-corrected chi connectivity index (χ4v) is 4.98. The largest absolute Gasteiger partial charge is 0.367 e. The van der Waals surface area contributed by atoms with Crippen molar-refractivity contribution in [3.05, 3.63) is 51.5 Å². The van der Waals surface area contributed by atoms with Crippen LogP contribution >= 0.6 is 34.5 Å². The summed E-state index contributed by atoms with van der Waals surface area (Å²) < 4.78 is 1.27. The third-order valence-corrected chi connectivity index (χ3v) is 6.51. The van der Waals surface area contributed by atoms with E-state index in [1.54, 1.807) is 11.3 Å². The number of benzene rings is 2. The molecule has 1 aliphatic heterocycles. The molecule has 0 atom stereocenters. The van der Waals surface area contributed by atoms with Crippen LogP contribution in [0.1, 0.15) is 11.1 Å². The van der Waals surface area contributed by atoms with Crippen LogP contribution in [0.2, 0.25) is 10.0 Å². The van der Waals surface area contributed by atoms with Crippen LogP contribution < -0.4 is 9.80 Å². The van der Waals surface area contributed by atoms with Gasteiger partial charge < -0.3 is 9.80 Å². The standard InChI is InChI=1S/C19H19Cl2N3S/c1-12-10-13(2)18-16(11-12)25-19(22-18)24-8-6-23(7-9-24)15-5-3-4-14(20)17(15)21/h3-5,10-11H,6-9H2,1-2H3. The highest BCUT2D eigenvalue weighted by atomic mass is 35.5. The molecule has 3 nitrogen and oxygen atoms in total. The van der Waals surface area contributed by atoms with Gasteiger partial charge in [0.2, 0.25) is 0 Å². The maximum Gasteiger partial charge on any atom is 0.186 e. The second-order valence-corrected chi connectivity index (χ2v) is 8.27. The van der Waals surface area contributed by atoms with Crippen LogP contribution in [0.15, 0.2) is 30.3 Å². The average Bonchev–Trinajstić information content (AvgIpc) is 3.02. The van der Waals surface area contributed by atoms with Crippen molar-refractivity contribution < 1.29 is 0 Å². The normalized spacial score (nSPS) is 15.2. The number of anilines is 2. The van der Waals surface area contributed by atoms with E-state index in [1.165, 1.54) is 15.8 Å². The zero-order chi connectivity index (χ0) is 17.6. The third kappa shape index (κ3) is 3.19. The number of halogens is 2. The van der Waals surface area contributed by atoms with E-state index in [9.17, 15) is 0 Å². The summed E-state index contributed by atoms with van der Waals surface area (Å²) in [4.78, 5) is 9.55. The van der Waals surface area contributed by atoms with Crippen molar-refractivity contribution in [1.82, 2.24) is 4.98 Å². The van der Waals surface area contributed by atoms with Gasteiger partial charge in [-0.2, -0.15) is 0 Å². The van der Waals surface area contributed by atoms with Gasteiger partial charge in [0.25, 0.3) is 0 Å². The fourth-order valence-electron chi connectivity index (χ4n) is 3.37. The van der Waals surface area contributed by atoms with Gasteiger partial charge in [0, 0.05) is 26.2 Å². The van der Waals surface area contributed by atoms with Crippen molar-refractivity contribution in [2.24, 2.45) is 0 Å². The van der Waals surface area contributed by atoms with Gasteiger partial charge in [0.1, 0.15) is 0 Å². The summed E-state index contributed by atoms with van der Waals surface area (Å²) in [6.07, 6.45) is 0. The Bertz CT molecular complexity index is 930. The van der Waals surface area contributed by atoms with Crippen LogP contribution in [0.5, 0.6) is 0 Å². The van der Waals surface area contributed by atoms with Crippen molar-refractivity contribution in [3.63, 3.8) is 0 Å². The molecule has 6 heteroatoms. The van der Waals surface area contributed by atoms with Gasteiger partial charge in [-0.05, 0) is 43.2 Å². The molecule has 1 fully saturated rings. The molecule has 2 aromatic carbocycles. The number of aryl methyl sites for hydroxylation is 2. The maximum absolute atomic E-state index is 6.37. The Labute approximate surface area is 161 Å². The lowest BCUT2D eigenvalue weighted by molar-refractivity contribution is 0.652. The molecule has 3 aromatic rings. The number of nitrogens with zero attached hydrogens (tertiary/aromatic N) is 3. The first-order valence-electron chi connectivity index (χ1n) is 8.34. The highest BCUT2D eigenvalue weighted by molar-refractivity contribution is 7.22. The molecule has 0 N–H and O–H groups in total. The number of rotatable bonds is 2. The van der Waals surface area contributed by atoms with E-state index in [4.69, 9.17) is 28.2 Å². The number of fused-ring (bicyclic) bond motifs is 1. The van der Waals surface area contributed by atoms with E-state index in [1.807, 2.05) is 18.2 Å². The van der Waals surface area contributed by atoms with Crippen molar-refractivity contribution >= 4 is 55.6 Å². The van der Waals surface area contributed by atoms with E-state index >= 15 is 0 Å². The first-order chi connectivity index (χ1) is 12.0. The summed E-state index contributed by atoms with van der Waals surface area (Å²) in [6.45, 7) is 7.96. The highest BCUT2D eigenvalue weighted by Crippen LogP contribution is 2.35. The molecule has 25 heavy (non-hydrogen) atoms. The lowest BCUT2D eigenvalue weighted by Crippen LogP contribution is -2.46. The summed E-state index contributed by atoms with van der Waals surface area (Å²) in [7, 11) is 0. The van der Waals surface area contributed by atoms with Crippen LogP contribution in [0.25, 0.3) is 10.2 Å². The van der Waals surface area contributed by atoms with Crippen LogP contribution in [0, 0.1) is 13.8 Å². The van der Waals surface area contributed by atoms with Gasteiger partial charge in [-0.25, -0.2) is 4.98 Å². The molecule has 0 spiro atoms. The van der Waals surface area contributed by atoms with E-state index in [2.05, 4.69) is 35.8 Å². The first-order valence-corrected chi connectivity index (χ1v) is 9.92. The Morgan fingerprint density at radius 2 is 1.72 bits per heavy atom. The first kappa shape index (κ1) is 17.0. The number of hydrogen-bond acceptors (Lipinski definition) is 4. The Hall–Kier alpha value is -1.49. The number of piperazine rings is 1. The molecule has 4 rings (SSSR count). The van der Waals surface area contributed by atoms with E-state index in [0.29, 0.717) is 10.0 Å². The van der Waals surface area contributed by atoms with E-state index in [-0.39, 0.29) is 0 Å². The monoisotopic (exact) mass is 391 g/mol. The fraction of sp³-hybridized carbons (Fsp3) is 0.316. The van der Waals surface area contributed by atoms with Crippen molar-refractivity contribution in [2.75, 3.05) is 36.0 Å². The second-order valence-electron chi connectivity index (χ2n) is 6.47. The van der Waals surface area contributed by atoms with Gasteiger partial charge in [-0.15, -0.1) is 0 Å². The summed E-state index contributed by atoms with van der Waals surface area (Å²) in [5.41, 5.74) is 4.69. The summed E-state index contributed by atoms with van der Waals surface area (Å²) in [6, 6.07) is 10.2. The molecule has 0 bridgehead atoms. The summed E-state index contributed by atoms with van der Waals surface area (Å²) >= 11 is 14.3. The second kappa shape index (κ2) is 6.67. The van der Waals surface area contributed by atoms with Gasteiger partial charge in [-0.1, -0.05) is 46.7 Å². The van der Waals surface area contributed by atoms with Gasteiger partial charge in [-0.3, -0.25) is 0 Å². The molecule has 0 unspecified atom stereocenters. The lowest BCUT2D eigenvalue weighted by atomic mass is 10.1. The van der Waals surface area contributed by atoms with Crippen LogP contribution in [-0.2, 0) is 0 Å². The molecule has 0 saturated carbocycles. The predicted molar refractivity (Wildman–Crippen MR) is 110 cm³/mol. The quantitative estimate of drug-likeness (QED) is 0.570. The van der Waals surface area contributed by atoms with Crippen molar-refractivity contribution in [2.45, 2.75) is 13.8 Å². The summed E-state index contributed by atoms with van der Waals surface area (Å²) in [5.74, 6) is 0. The average molecular weight is 392 g/mol. The minimum Gasteiger partial charge on any atom is -0.367 e. The van der Waals surface area contributed by atoms with Crippen LogP contribution in [0.4, 0.5) is 10.8 Å². The van der Waals surface area contributed by atoms with Crippen LogP contribution in [0.3, 0.4) is 0 Å². The zero-order valence-corrected chi connectivity index (χ0v) is 16.5. The minimum absolute atomic E-state index is 0.610. The van der Waals surface area contributed by atoms with Gasteiger partial charge in [0.15, 0.2) is 5.13 Å². The van der Waals surface area contributed by atoms with Crippen molar-refractivity contribution in [3.8, 4) is 0 Å². The van der Waals surface area contributed by atoms with Gasteiger partial charge in [0.05, 0.1) is 25.9 Å². The topological polar surface area (TPSA) is 19.4 Å². The molecule has 130 valence electrons. The number of hydrogen-bond donors (Lipinski definition) is 0. The van der Waals surface area contributed by atoms with Gasteiger partial charge >= 0.3 is 0 Å². The van der Waals surface area contributed by atoms with E-state index in [0.717, 1.165) is 42.5 Å². The number of aromatic nitrogens is 1. The molecule has 0 amide bonds. The minimum atomic E-state index is 0.610. The summed E-state index contributed by atoms with van der Waals surface area (Å²) in [5, 5.41) is 2.36. The smallest absolute Gasteiger partial charge is 0.186 e. The lowest BCUT2D eigenvalue weighted by Gasteiger charge is -2.36. The molecule has 2 heterocycles. The Morgan fingerprint density at radius 3 is 2.48 bits per heavy atom. The molecule has 1 aromatic heterocycles. The molecule has 0 radical (unpaired) electrons. The molecular formula is C19H19Cl2N3S. The number of thiazole rings is 1. The Balaban J connectivity index is 1.54.